The third kappa shape index (κ3) is 4.68. The molecule has 1 aromatic carbocycles. The molecule has 1 N–H and O–H groups in total. The molecule has 2 heterocycles. The summed E-state index contributed by atoms with van der Waals surface area (Å²) in [5.74, 6) is 0.869. The number of nitrogens with zero attached hydrogens (tertiary/aromatic N) is 3. The van der Waals surface area contributed by atoms with Crippen LogP contribution in [0.25, 0.3) is 10.9 Å². The molecule has 2 aromatic rings. The summed E-state index contributed by atoms with van der Waals surface area (Å²) in [5.41, 5.74) is 2.44. The van der Waals surface area contributed by atoms with E-state index in [0.717, 1.165) is 44.0 Å². The maximum atomic E-state index is 9.60. The molecule has 0 bridgehead atoms. The van der Waals surface area contributed by atoms with E-state index < -0.39 is 0 Å². The molecule has 0 amide bonds. The van der Waals surface area contributed by atoms with Crippen molar-refractivity contribution in [3.05, 3.63) is 42.1 Å². The predicted molar refractivity (Wildman–Crippen MR) is 111 cm³/mol. The molecular formula is C23H33N3O. The van der Waals surface area contributed by atoms with Gasteiger partial charge in [0.25, 0.3) is 0 Å². The highest BCUT2D eigenvalue weighted by Crippen LogP contribution is 2.27. The van der Waals surface area contributed by atoms with Gasteiger partial charge < -0.3 is 5.11 Å². The fraction of sp³-hybridized carbons (Fsp3) is 0.609. The monoisotopic (exact) mass is 367 g/mol. The molecule has 2 aliphatic rings. The summed E-state index contributed by atoms with van der Waals surface area (Å²) in [4.78, 5) is 9.84. The van der Waals surface area contributed by atoms with Crippen LogP contribution in [0.2, 0.25) is 0 Å². The number of aliphatic hydroxyl groups is 1. The van der Waals surface area contributed by atoms with Gasteiger partial charge >= 0.3 is 0 Å². The molecular weight excluding hydrogens is 334 g/mol. The molecule has 4 heteroatoms. The van der Waals surface area contributed by atoms with Crippen LogP contribution >= 0.6 is 0 Å². The van der Waals surface area contributed by atoms with Crippen LogP contribution < -0.4 is 0 Å². The van der Waals surface area contributed by atoms with Crippen LogP contribution in [0.15, 0.2) is 36.5 Å². The zero-order chi connectivity index (χ0) is 18.5. The second-order valence-electron chi connectivity index (χ2n) is 8.39. The molecule has 0 radical (unpaired) electrons. The van der Waals surface area contributed by atoms with Crippen molar-refractivity contribution in [1.29, 1.82) is 0 Å². The second kappa shape index (κ2) is 9.13. The van der Waals surface area contributed by atoms with E-state index in [2.05, 4.69) is 39.0 Å². The topological polar surface area (TPSA) is 39.6 Å². The van der Waals surface area contributed by atoms with Crippen molar-refractivity contribution in [2.24, 2.45) is 5.92 Å². The maximum Gasteiger partial charge on any atom is 0.0746 e. The number of hydrogen-bond donors (Lipinski definition) is 1. The molecule has 2 fully saturated rings. The van der Waals surface area contributed by atoms with Gasteiger partial charge in [0.15, 0.2) is 0 Å². The third-order valence-electron chi connectivity index (χ3n) is 6.48. The zero-order valence-corrected chi connectivity index (χ0v) is 16.4. The first-order chi connectivity index (χ1) is 13.3. The summed E-state index contributed by atoms with van der Waals surface area (Å²) in [6, 6.07) is 11.1. The number of pyridine rings is 1. The van der Waals surface area contributed by atoms with Gasteiger partial charge in [-0.2, -0.15) is 0 Å². The molecule has 1 aliphatic heterocycles. The van der Waals surface area contributed by atoms with Crippen LogP contribution in [-0.4, -0.2) is 58.7 Å². The first-order valence-corrected chi connectivity index (χ1v) is 10.7. The first-order valence-electron chi connectivity index (χ1n) is 10.7. The average Bonchev–Trinajstić information content (AvgIpc) is 2.71. The Morgan fingerprint density at radius 3 is 2.74 bits per heavy atom. The lowest BCUT2D eigenvalue weighted by molar-refractivity contribution is 0.0402. The Hall–Kier alpha value is -1.49. The van der Waals surface area contributed by atoms with E-state index >= 15 is 0 Å². The summed E-state index contributed by atoms with van der Waals surface area (Å²) in [6.07, 6.45) is 9.80. The average molecular weight is 368 g/mol. The van der Waals surface area contributed by atoms with E-state index in [1.807, 2.05) is 12.3 Å². The van der Waals surface area contributed by atoms with Crippen molar-refractivity contribution in [2.75, 3.05) is 32.8 Å². The van der Waals surface area contributed by atoms with Gasteiger partial charge in [-0.15, -0.1) is 0 Å². The van der Waals surface area contributed by atoms with Crippen molar-refractivity contribution in [3.63, 3.8) is 0 Å². The summed E-state index contributed by atoms with van der Waals surface area (Å²) in [7, 11) is 0. The molecule has 146 valence electrons. The fourth-order valence-corrected chi connectivity index (χ4v) is 5.00. The molecule has 4 rings (SSSR count). The minimum atomic E-state index is 0.287. The van der Waals surface area contributed by atoms with Crippen molar-refractivity contribution in [2.45, 2.75) is 51.1 Å². The largest absolute Gasteiger partial charge is 0.396 e. The molecule has 27 heavy (non-hydrogen) atoms. The first kappa shape index (κ1) is 18.9. The maximum absolute atomic E-state index is 9.60. The smallest absolute Gasteiger partial charge is 0.0746 e. The Labute approximate surface area is 163 Å². The highest BCUT2D eigenvalue weighted by molar-refractivity contribution is 5.81. The van der Waals surface area contributed by atoms with Crippen molar-refractivity contribution in [1.82, 2.24) is 14.8 Å². The van der Waals surface area contributed by atoms with Crippen LogP contribution in [0, 0.1) is 5.92 Å². The highest BCUT2D eigenvalue weighted by atomic mass is 16.3. The normalized spacial score (nSPS) is 23.1. The number of benzene rings is 1. The molecule has 0 unspecified atom stereocenters. The van der Waals surface area contributed by atoms with E-state index in [1.165, 1.54) is 49.6 Å². The number of para-hydroxylation sites is 1. The van der Waals surface area contributed by atoms with Gasteiger partial charge in [-0.3, -0.25) is 14.8 Å². The standard InChI is InChI=1S/C23H33N3O/c27-15-11-22-18-25(13-14-26(22)16-19-6-2-1-3-7-19)17-21-9-4-8-20-10-5-12-24-23(20)21/h4-5,8-10,12,19,22,27H,1-3,6-7,11,13-18H2/t22-/m1/s1. The number of fused-ring (bicyclic) bond motifs is 1. The summed E-state index contributed by atoms with van der Waals surface area (Å²) >= 11 is 0. The Balaban J connectivity index is 1.41. The van der Waals surface area contributed by atoms with Gasteiger partial charge in [0.2, 0.25) is 0 Å². The highest BCUT2D eigenvalue weighted by Gasteiger charge is 2.29. The SMILES string of the molecule is OCC[C@@H]1CN(Cc2cccc3cccnc23)CCN1CC1CCCCC1. The van der Waals surface area contributed by atoms with Gasteiger partial charge in [0, 0.05) is 57.0 Å². The Morgan fingerprint density at radius 2 is 1.89 bits per heavy atom. The van der Waals surface area contributed by atoms with E-state index in [-0.39, 0.29) is 6.61 Å². The van der Waals surface area contributed by atoms with Crippen LogP contribution in [0.5, 0.6) is 0 Å². The van der Waals surface area contributed by atoms with Crippen molar-refractivity contribution < 1.29 is 5.11 Å². The molecule has 1 saturated carbocycles. The summed E-state index contributed by atoms with van der Waals surface area (Å²) < 4.78 is 0. The van der Waals surface area contributed by atoms with Gasteiger partial charge in [-0.25, -0.2) is 0 Å². The molecule has 4 nitrogen and oxygen atoms in total. The Bertz CT molecular complexity index is 723. The molecule has 1 aromatic heterocycles. The van der Waals surface area contributed by atoms with E-state index in [4.69, 9.17) is 0 Å². The van der Waals surface area contributed by atoms with E-state index in [1.54, 1.807) is 0 Å². The van der Waals surface area contributed by atoms with Gasteiger partial charge in [0.05, 0.1) is 5.52 Å². The van der Waals surface area contributed by atoms with Gasteiger partial charge in [0.1, 0.15) is 0 Å². The third-order valence-corrected chi connectivity index (χ3v) is 6.48. The predicted octanol–water partition coefficient (Wildman–Crippen LogP) is 3.68. The number of piperazine rings is 1. The lowest BCUT2D eigenvalue weighted by Crippen LogP contribution is -2.54. The molecule has 0 spiro atoms. The Morgan fingerprint density at radius 1 is 1.04 bits per heavy atom. The number of hydrogen-bond acceptors (Lipinski definition) is 4. The quantitative estimate of drug-likeness (QED) is 0.845. The lowest BCUT2D eigenvalue weighted by Gasteiger charge is -2.43. The molecule has 1 aliphatic carbocycles. The zero-order valence-electron chi connectivity index (χ0n) is 16.4. The van der Waals surface area contributed by atoms with E-state index in [0.29, 0.717) is 6.04 Å². The Kier molecular flexibility index (Phi) is 6.38. The van der Waals surface area contributed by atoms with Crippen LogP contribution in [0.3, 0.4) is 0 Å². The van der Waals surface area contributed by atoms with Crippen LogP contribution in [0.1, 0.15) is 44.1 Å². The number of aliphatic hydroxyl groups excluding tert-OH is 1. The van der Waals surface area contributed by atoms with Crippen LogP contribution in [0.4, 0.5) is 0 Å². The van der Waals surface area contributed by atoms with Gasteiger partial charge in [-0.1, -0.05) is 43.5 Å². The second-order valence-corrected chi connectivity index (χ2v) is 8.39. The summed E-state index contributed by atoms with van der Waals surface area (Å²) in [5, 5.41) is 10.8. The summed E-state index contributed by atoms with van der Waals surface area (Å²) in [6.45, 7) is 5.76. The molecule has 1 saturated heterocycles. The van der Waals surface area contributed by atoms with E-state index in [9.17, 15) is 5.11 Å². The van der Waals surface area contributed by atoms with Crippen molar-refractivity contribution in [3.8, 4) is 0 Å². The molecule has 1 atom stereocenters. The van der Waals surface area contributed by atoms with Crippen LogP contribution in [-0.2, 0) is 6.54 Å². The minimum Gasteiger partial charge on any atom is -0.396 e. The minimum absolute atomic E-state index is 0.287. The van der Waals surface area contributed by atoms with Crippen molar-refractivity contribution >= 4 is 10.9 Å². The fourth-order valence-electron chi connectivity index (χ4n) is 5.00. The lowest BCUT2D eigenvalue weighted by atomic mass is 9.88. The van der Waals surface area contributed by atoms with Gasteiger partial charge in [-0.05, 0) is 36.8 Å². The number of rotatable bonds is 6. The number of aromatic nitrogens is 1.